The number of Topliss-reactive ketones (excluding diaryl/α,β-unsaturated/α-hetero) is 1. The van der Waals surface area contributed by atoms with Gasteiger partial charge in [-0.1, -0.05) is 12.1 Å². The molecule has 27 heavy (non-hydrogen) atoms. The molecule has 0 atom stereocenters. The molecule has 0 aliphatic heterocycles. The predicted molar refractivity (Wildman–Crippen MR) is 99.0 cm³/mol. The Kier molecular flexibility index (Phi) is 6.65. The number of carbonyl (C=O) groups is 1. The number of phenolic OH excluding ortho intramolecular Hbond substituents is 1. The number of methoxy groups -OCH3 is 5. The molecule has 0 aliphatic carbocycles. The third kappa shape index (κ3) is 4.15. The molecular formula is C20H24O7. The summed E-state index contributed by atoms with van der Waals surface area (Å²) in [5, 5.41) is 10.4. The first-order chi connectivity index (χ1) is 12.9. The van der Waals surface area contributed by atoms with Gasteiger partial charge in [-0.2, -0.15) is 0 Å². The highest BCUT2D eigenvalue weighted by molar-refractivity contribution is 6.06. The van der Waals surface area contributed by atoms with Crippen molar-refractivity contribution in [2.45, 2.75) is 12.2 Å². The number of carbonyl (C=O) groups excluding carboxylic acids is 1. The van der Waals surface area contributed by atoms with E-state index in [0.29, 0.717) is 11.5 Å². The van der Waals surface area contributed by atoms with Crippen LogP contribution >= 0.6 is 0 Å². The van der Waals surface area contributed by atoms with Crippen molar-refractivity contribution in [3.05, 3.63) is 47.5 Å². The summed E-state index contributed by atoms with van der Waals surface area (Å²) in [7, 11) is 7.17. The summed E-state index contributed by atoms with van der Waals surface area (Å²) in [6.45, 7) is 0. The van der Waals surface area contributed by atoms with E-state index in [0.717, 1.165) is 5.56 Å². The normalized spacial score (nSPS) is 11.1. The summed E-state index contributed by atoms with van der Waals surface area (Å²) in [4.78, 5) is 13.3. The van der Waals surface area contributed by atoms with E-state index >= 15 is 0 Å². The van der Waals surface area contributed by atoms with Crippen LogP contribution in [0.15, 0.2) is 36.4 Å². The second kappa shape index (κ2) is 8.75. The van der Waals surface area contributed by atoms with Gasteiger partial charge in [0.05, 0.1) is 21.3 Å². The predicted octanol–water partition coefficient (Wildman–Crippen LogP) is 2.83. The summed E-state index contributed by atoms with van der Waals surface area (Å²) >= 11 is 0. The largest absolute Gasteiger partial charge is 0.507 e. The minimum absolute atomic E-state index is 0.0458. The molecule has 0 heterocycles. The molecule has 7 heteroatoms. The van der Waals surface area contributed by atoms with Gasteiger partial charge in [-0.25, -0.2) is 0 Å². The number of benzene rings is 2. The van der Waals surface area contributed by atoms with Crippen molar-refractivity contribution >= 4 is 5.78 Å². The summed E-state index contributed by atoms with van der Waals surface area (Å²) in [5.41, 5.74) is 0.746. The number of ether oxygens (including phenoxy) is 5. The third-order valence-electron chi connectivity index (χ3n) is 4.34. The van der Waals surface area contributed by atoms with Gasteiger partial charge < -0.3 is 28.8 Å². The van der Waals surface area contributed by atoms with Crippen LogP contribution in [0.4, 0.5) is 0 Å². The van der Waals surface area contributed by atoms with Crippen molar-refractivity contribution in [2.75, 3.05) is 35.5 Å². The summed E-state index contributed by atoms with van der Waals surface area (Å²) < 4.78 is 26.5. The Labute approximate surface area is 158 Å². The Morgan fingerprint density at radius 1 is 0.889 bits per heavy atom. The fourth-order valence-corrected chi connectivity index (χ4v) is 2.78. The molecule has 1 N–H and O–H groups in total. The topological polar surface area (TPSA) is 83.5 Å². The van der Waals surface area contributed by atoms with Crippen molar-refractivity contribution in [1.82, 2.24) is 0 Å². The average Bonchev–Trinajstić information content (AvgIpc) is 2.71. The average molecular weight is 376 g/mol. The van der Waals surface area contributed by atoms with Gasteiger partial charge in [0.15, 0.2) is 0 Å². The molecule has 7 nitrogen and oxygen atoms in total. The number of rotatable bonds is 9. The third-order valence-corrected chi connectivity index (χ3v) is 4.34. The Morgan fingerprint density at radius 2 is 1.48 bits per heavy atom. The number of hydrogen-bond donors (Lipinski definition) is 1. The van der Waals surface area contributed by atoms with Crippen molar-refractivity contribution in [2.24, 2.45) is 0 Å². The lowest BCUT2D eigenvalue weighted by molar-refractivity contribution is -0.168. The molecule has 0 bridgehead atoms. The van der Waals surface area contributed by atoms with Gasteiger partial charge in [0.2, 0.25) is 11.6 Å². The maximum Gasteiger partial charge on any atom is 0.237 e. The smallest absolute Gasteiger partial charge is 0.237 e. The van der Waals surface area contributed by atoms with Crippen molar-refractivity contribution in [1.29, 1.82) is 0 Å². The highest BCUT2D eigenvalue weighted by Crippen LogP contribution is 2.37. The van der Waals surface area contributed by atoms with Gasteiger partial charge in [-0.15, -0.1) is 0 Å². The van der Waals surface area contributed by atoms with Crippen LogP contribution < -0.4 is 14.2 Å². The van der Waals surface area contributed by atoms with E-state index in [1.807, 2.05) is 12.1 Å². The number of ketones is 1. The van der Waals surface area contributed by atoms with Crippen molar-refractivity contribution in [3.8, 4) is 23.0 Å². The zero-order valence-corrected chi connectivity index (χ0v) is 16.1. The fraction of sp³-hybridized carbons (Fsp3) is 0.350. The van der Waals surface area contributed by atoms with E-state index in [9.17, 15) is 9.90 Å². The van der Waals surface area contributed by atoms with Crippen LogP contribution in [0.5, 0.6) is 23.0 Å². The van der Waals surface area contributed by atoms with Gasteiger partial charge in [0, 0.05) is 32.8 Å². The van der Waals surface area contributed by atoms with Crippen LogP contribution in [0.2, 0.25) is 0 Å². The first kappa shape index (κ1) is 20.5. The first-order valence-corrected chi connectivity index (χ1v) is 8.17. The molecule has 2 rings (SSSR count). The van der Waals surface area contributed by atoms with Crippen LogP contribution in [0.25, 0.3) is 0 Å². The molecule has 0 spiro atoms. The van der Waals surface area contributed by atoms with Gasteiger partial charge in [0.25, 0.3) is 0 Å². The van der Waals surface area contributed by atoms with Crippen LogP contribution in [0, 0.1) is 0 Å². The standard InChI is InChI=1S/C20H24O7/c1-23-14-8-6-13(7-9-14)12-20(26-4,27-5)19(22)18-16(21)10-15(24-2)11-17(18)25-3/h6-11,21H,12H2,1-5H3. The lowest BCUT2D eigenvalue weighted by Crippen LogP contribution is -2.45. The first-order valence-electron chi connectivity index (χ1n) is 8.17. The monoisotopic (exact) mass is 376 g/mol. The summed E-state index contributed by atoms with van der Waals surface area (Å²) in [6.07, 6.45) is 0.122. The minimum atomic E-state index is -1.64. The van der Waals surface area contributed by atoms with Crippen molar-refractivity contribution < 1.29 is 33.6 Å². The van der Waals surface area contributed by atoms with E-state index in [4.69, 9.17) is 23.7 Å². The van der Waals surface area contributed by atoms with Gasteiger partial charge >= 0.3 is 0 Å². The highest BCUT2D eigenvalue weighted by atomic mass is 16.7. The lowest BCUT2D eigenvalue weighted by atomic mass is 9.94. The Balaban J connectivity index is 2.47. The minimum Gasteiger partial charge on any atom is -0.507 e. The van der Waals surface area contributed by atoms with E-state index in [-0.39, 0.29) is 23.5 Å². The van der Waals surface area contributed by atoms with E-state index < -0.39 is 11.6 Å². The van der Waals surface area contributed by atoms with Gasteiger partial charge in [-0.3, -0.25) is 4.79 Å². The lowest BCUT2D eigenvalue weighted by Gasteiger charge is -2.30. The fourth-order valence-electron chi connectivity index (χ4n) is 2.78. The second-order valence-electron chi connectivity index (χ2n) is 5.74. The molecular weight excluding hydrogens is 352 g/mol. The van der Waals surface area contributed by atoms with Gasteiger partial charge in [-0.05, 0) is 17.7 Å². The van der Waals surface area contributed by atoms with Crippen LogP contribution in [0.3, 0.4) is 0 Å². The highest BCUT2D eigenvalue weighted by Gasteiger charge is 2.42. The summed E-state index contributed by atoms with van der Waals surface area (Å²) in [6, 6.07) is 10.0. The molecule has 0 unspecified atom stereocenters. The molecule has 0 amide bonds. The Hall–Kier alpha value is -2.77. The number of aromatic hydroxyl groups is 1. The summed E-state index contributed by atoms with van der Waals surface area (Å²) in [5.74, 6) is -1.29. The molecule has 0 aromatic heterocycles. The van der Waals surface area contributed by atoms with Crippen LogP contribution in [-0.4, -0.2) is 52.2 Å². The molecule has 0 saturated carbocycles. The molecule has 2 aromatic rings. The molecule has 0 aliphatic rings. The number of hydrogen-bond acceptors (Lipinski definition) is 7. The van der Waals surface area contributed by atoms with E-state index in [2.05, 4.69) is 0 Å². The Bertz CT molecular complexity index is 780. The van der Waals surface area contributed by atoms with E-state index in [1.54, 1.807) is 19.2 Å². The SMILES string of the molecule is COc1ccc(CC(OC)(OC)C(=O)c2c(O)cc(OC)cc2OC)cc1. The maximum absolute atomic E-state index is 13.3. The molecule has 0 fully saturated rings. The van der Waals surface area contributed by atoms with Gasteiger partial charge in [0.1, 0.15) is 28.6 Å². The molecule has 2 aromatic carbocycles. The Morgan fingerprint density at radius 3 is 1.96 bits per heavy atom. The maximum atomic E-state index is 13.3. The zero-order chi connectivity index (χ0) is 20.0. The second-order valence-corrected chi connectivity index (χ2v) is 5.74. The van der Waals surface area contributed by atoms with E-state index in [1.165, 1.54) is 40.6 Å². The van der Waals surface area contributed by atoms with Crippen LogP contribution in [0.1, 0.15) is 15.9 Å². The molecule has 0 saturated heterocycles. The quantitative estimate of drug-likeness (QED) is 0.532. The molecule has 146 valence electrons. The number of phenols is 1. The van der Waals surface area contributed by atoms with Crippen molar-refractivity contribution in [3.63, 3.8) is 0 Å². The zero-order valence-electron chi connectivity index (χ0n) is 16.1. The van der Waals surface area contributed by atoms with Crippen LogP contribution in [-0.2, 0) is 15.9 Å². The molecule has 0 radical (unpaired) electrons.